The van der Waals surface area contributed by atoms with Crippen molar-refractivity contribution in [3.63, 3.8) is 0 Å². The van der Waals surface area contributed by atoms with E-state index in [9.17, 15) is 0 Å². The molecule has 3 heteroatoms. The first-order valence-electron chi connectivity index (χ1n) is 4.46. The number of benzene rings is 2. The molecule has 0 fully saturated rings. The Balaban J connectivity index is 2.60. The zero-order chi connectivity index (χ0) is 9.54. The van der Waals surface area contributed by atoms with Gasteiger partial charge in [0.15, 0.2) is 0 Å². The molecule has 68 valence electrons. The predicted molar refractivity (Wildman–Crippen MR) is 59.7 cm³/mol. The second-order valence-corrected chi connectivity index (χ2v) is 4.17. The maximum atomic E-state index is 4.07. The normalized spacial score (nSPS) is 11.2. The zero-order valence-electron chi connectivity index (χ0n) is 7.69. The molecule has 0 aliphatic heterocycles. The van der Waals surface area contributed by atoms with Gasteiger partial charge >= 0.3 is 0 Å². The molecule has 14 heavy (non-hydrogen) atoms. The monoisotopic (exact) mass is 200 g/mol. The Bertz CT molecular complexity index is 613. The van der Waals surface area contributed by atoms with Crippen LogP contribution in [0.2, 0.25) is 0 Å². The van der Waals surface area contributed by atoms with Gasteiger partial charge < -0.3 is 0 Å². The van der Waals surface area contributed by atoms with Crippen molar-refractivity contribution in [1.29, 1.82) is 0 Å². The van der Waals surface area contributed by atoms with Gasteiger partial charge in [-0.3, -0.25) is 0 Å². The molecule has 0 amide bonds. The van der Waals surface area contributed by atoms with Gasteiger partial charge in [-0.1, -0.05) is 28.3 Å². The summed E-state index contributed by atoms with van der Waals surface area (Å²) in [5.74, 6) is 0. The second kappa shape index (κ2) is 2.75. The van der Waals surface area contributed by atoms with Crippen molar-refractivity contribution in [3.8, 4) is 0 Å². The third-order valence-electron chi connectivity index (χ3n) is 2.39. The van der Waals surface area contributed by atoms with E-state index in [4.69, 9.17) is 0 Å². The highest BCUT2D eigenvalue weighted by atomic mass is 32.1. The van der Waals surface area contributed by atoms with Crippen molar-refractivity contribution < 1.29 is 0 Å². The van der Waals surface area contributed by atoms with Crippen molar-refractivity contribution in [1.82, 2.24) is 9.59 Å². The Morgan fingerprint density at radius 3 is 2.93 bits per heavy atom. The highest BCUT2D eigenvalue weighted by molar-refractivity contribution is 7.14. The van der Waals surface area contributed by atoms with Crippen LogP contribution in [0.3, 0.4) is 0 Å². The molecule has 0 atom stereocenters. The quantitative estimate of drug-likeness (QED) is 0.557. The Hall–Kier alpha value is -1.48. The number of nitrogens with zero attached hydrogens (tertiary/aromatic N) is 2. The fourth-order valence-corrected chi connectivity index (χ4v) is 2.36. The van der Waals surface area contributed by atoms with Gasteiger partial charge in [0.1, 0.15) is 5.52 Å². The molecule has 2 nitrogen and oxygen atoms in total. The number of fused-ring (bicyclic) bond motifs is 3. The number of aromatic nitrogens is 2. The summed E-state index contributed by atoms with van der Waals surface area (Å²) in [4.78, 5) is 0. The van der Waals surface area contributed by atoms with Gasteiger partial charge in [0.05, 0.1) is 4.70 Å². The molecule has 0 unspecified atom stereocenters. The molecule has 1 aromatic heterocycles. The van der Waals surface area contributed by atoms with Crippen molar-refractivity contribution in [2.45, 2.75) is 6.92 Å². The molecule has 0 spiro atoms. The van der Waals surface area contributed by atoms with Gasteiger partial charge in [-0.25, -0.2) is 0 Å². The third kappa shape index (κ3) is 1.02. The van der Waals surface area contributed by atoms with E-state index < -0.39 is 0 Å². The Morgan fingerprint density at radius 1 is 1.14 bits per heavy atom. The van der Waals surface area contributed by atoms with Gasteiger partial charge in [-0.05, 0) is 36.0 Å². The third-order valence-corrected chi connectivity index (χ3v) is 3.16. The van der Waals surface area contributed by atoms with Crippen molar-refractivity contribution in [2.75, 3.05) is 0 Å². The van der Waals surface area contributed by atoms with Gasteiger partial charge in [0.2, 0.25) is 0 Å². The SMILES string of the molecule is Cc1ccc2ccc3nnsc3c2c1. The molecule has 0 aliphatic carbocycles. The van der Waals surface area contributed by atoms with Crippen LogP contribution >= 0.6 is 11.5 Å². The first-order chi connectivity index (χ1) is 6.84. The fraction of sp³-hybridized carbons (Fsp3) is 0.0909. The van der Waals surface area contributed by atoms with Crippen LogP contribution in [0.5, 0.6) is 0 Å². The number of rotatable bonds is 0. The van der Waals surface area contributed by atoms with Crippen LogP contribution in [0, 0.1) is 6.92 Å². The zero-order valence-corrected chi connectivity index (χ0v) is 8.51. The summed E-state index contributed by atoms with van der Waals surface area (Å²) in [7, 11) is 0. The summed E-state index contributed by atoms with van der Waals surface area (Å²) in [5, 5.41) is 6.59. The predicted octanol–water partition coefficient (Wildman–Crippen LogP) is 3.15. The molecule has 0 saturated carbocycles. The van der Waals surface area contributed by atoms with Gasteiger partial charge in [0.25, 0.3) is 0 Å². The van der Waals surface area contributed by atoms with Crippen LogP contribution < -0.4 is 0 Å². The maximum absolute atomic E-state index is 4.07. The molecule has 0 N–H and O–H groups in total. The second-order valence-electron chi connectivity index (χ2n) is 3.41. The van der Waals surface area contributed by atoms with Crippen molar-refractivity contribution >= 4 is 32.5 Å². The lowest BCUT2D eigenvalue weighted by Gasteiger charge is -1.98. The van der Waals surface area contributed by atoms with Gasteiger partial charge in [0, 0.05) is 5.39 Å². The van der Waals surface area contributed by atoms with E-state index in [1.165, 1.54) is 32.6 Å². The van der Waals surface area contributed by atoms with Crippen molar-refractivity contribution in [3.05, 3.63) is 35.9 Å². The van der Waals surface area contributed by atoms with Crippen LogP contribution in [0.4, 0.5) is 0 Å². The van der Waals surface area contributed by atoms with Crippen molar-refractivity contribution in [2.24, 2.45) is 0 Å². The highest BCUT2D eigenvalue weighted by Crippen LogP contribution is 2.27. The lowest BCUT2D eigenvalue weighted by molar-refractivity contribution is 1.20. The summed E-state index contributed by atoms with van der Waals surface area (Å²) >= 11 is 1.46. The molecule has 3 rings (SSSR count). The molecule has 3 aromatic rings. The van der Waals surface area contributed by atoms with Crippen LogP contribution in [-0.4, -0.2) is 9.59 Å². The largest absolute Gasteiger partial charge is 0.138 e. The molecule has 0 aliphatic rings. The van der Waals surface area contributed by atoms with Crippen LogP contribution in [-0.2, 0) is 0 Å². The minimum absolute atomic E-state index is 0.994. The van der Waals surface area contributed by atoms with E-state index in [0.29, 0.717) is 0 Å². The minimum Gasteiger partial charge on any atom is -0.138 e. The summed E-state index contributed by atoms with van der Waals surface area (Å²) in [5.41, 5.74) is 2.27. The molecule has 0 saturated heterocycles. The topological polar surface area (TPSA) is 25.8 Å². The summed E-state index contributed by atoms with van der Waals surface area (Å²) in [6, 6.07) is 10.6. The van der Waals surface area contributed by atoms with Crippen LogP contribution in [0.1, 0.15) is 5.56 Å². The van der Waals surface area contributed by atoms with E-state index in [-0.39, 0.29) is 0 Å². The van der Waals surface area contributed by atoms with E-state index in [0.717, 1.165) is 5.52 Å². The van der Waals surface area contributed by atoms with Gasteiger partial charge in [-0.15, -0.1) is 5.10 Å². The Morgan fingerprint density at radius 2 is 2.00 bits per heavy atom. The number of hydrogen-bond acceptors (Lipinski definition) is 3. The van der Waals surface area contributed by atoms with E-state index in [1.54, 1.807) is 0 Å². The number of aryl methyl sites for hydroxylation is 1. The van der Waals surface area contributed by atoms with Crippen LogP contribution in [0.15, 0.2) is 30.3 Å². The summed E-state index contributed by atoms with van der Waals surface area (Å²) in [6.07, 6.45) is 0. The lowest BCUT2D eigenvalue weighted by Crippen LogP contribution is -1.76. The average Bonchev–Trinajstić information content (AvgIpc) is 2.65. The summed E-state index contributed by atoms with van der Waals surface area (Å²) in [6.45, 7) is 2.10. The Kier molecular flexibility index (Phi) is 1.55. The average molecular weight is 200 g/mol. The molecule has 0 bridgehead atoms. The number of hydrogen-bond donors (Lipinski definition) is 0. The van der Waals surface area contributed by atoms with E-state index >= 15 is 0 Å². The maximum Gasteiger partial charge on any atom is 0.106 e. The fourth-order valence-electron chi connectivity index (χ4n) is 1.67. The smallest absolute Gasteiger partial charge is 0.106 e. The standard InChI is InChI=1S/C11H8N2S/c1-7-2-3-8-4-5-10-11(9(8)6-7)14-13-12-10/h2-6H,1H3. The Labute approximate surface area is 85.3 Å². The van der Waals surface area contributed by atoms with Crippen LogP contribution in [0.25, 0.3) is 21.0 Å². The molecular formula is C11H8N2S. The van der Waals surface area contributed by atoms with Gasteiger partial charge in [-0.2, -0.15) is 0 Å². The first-order valence-corrected chi connectivity index (χ1v) is 5.23. The van der Waals surface area contributed by atoms with E-state index in [2.05, 4.69) is 40.8 Å². The first kappa shape index (κ1) is 7.88. The minimum atomic E-state index is 0.994. The lowest BCUT2D eigenvalue weighted by atomic mass is 10.1. The molecule has 1 heterocycles. The van der Waals surface area contributed by atoms with E-state index in [1.807, 2.05) is 6.07 Å². The highest BCUT2D eigenvalue weighted by Gasteiger charge is 2.03. The molecule has 0 radical (unpaired) electrons. The molecule has 2 aromatic carbocycles. The molecular weight excluding hydrogens is 192 g/mol. The summed E-state index contributed by atoms with van der Waals surface area (Å²) < 4.78 is 5.16.